The van der Waals surface area contributed by atoms with Crippen LogP contribution < -0.4 is 5.43 Å². The number of hydrogen-bond acceptors (Lipinski definition) is 4. The molecule has 0 radical (unpaired) electrons. The van der Waals surface area contributed by atoms with Crippen LogP contribution in [0.3, 0.4) is 0 Å². The summed E-state index contributed by atoms with van der Waals surface area (Å²) in [7, 11) is 0. The predicted molar refractivity (Wildman–Crippen MR) is 250 cm³/mol. The van der Waals surface area contributed by atoms with E-state index in [1.54, 1.807) is 6.20 Å². The first-order valence-corrected chi connectivity index (χ1v) is 19.9. The minimum Gasteiger partial charge on any atom is -0.299 e. The van der Waals surface area contributed by atoms with E-state index in [1.807, 2.05) is 36.6 Å². The van der Waals surface area contributed by atoms with Gasteiger partial charge in [-0.05, 0) is 130 Å². The summed E-state index contributed by atoms with van der Waals surface area (Å²) in [6.07, 6.45) is 9.57. The van der Waals surface area contributed by atoms with E-state index >= 15 is 0 Å². The van der Waals surface area contributed by atoms with E-state index < -0.39 is 0 Å². The molecule has 0 saturated carbocycles. The molecule has 0 unspecified atom stereocenters. The molecule has 1 aromatic heterocycles. The third-order valence-corrected chi connectivity index (χ3v) is 11.6. The van der Waals surface area contributed by atoms with Crippen LogP contribution in [-0.2, 0) is 0 Å². The van der Waals surface area contributed by atoms with Crippen LogP contribution in [0, 0.1) is 5.41 Å². The van der Waals surface area contributed by atoms with Crippen LogP contribution in [0.15, 0.2) is 212 Å². The first-order valence-electron chi connectivity index (χ1n) is 19.9. The van der Waals surface area contributed by atoms with E-state index in [-0.39, 0.29) is 0 Å². The Hall–Kier alpha value is -7.95. The molecule has 11 rings (SSSR count). The number of pyridine rings is 1. The Morgan fingerprint density at radius 2 is 1.03 bits per heavy atom. The number of fused-ring (bicyclic) bond motifs is 5. The lowest BCUT2D eigenvalue weighted by molar-refractivity contribution is 1.33. The number of rotatable bonds is 6. The predicted octanol–water partition coefficient (Wildman–Crippen LogP) is 14.3. The van der Waals surface area contributed by atoms with E-state index in [1.165, 1.54) is 65.3 Å². The highest BCUT2D eigenvalue weighted by Crippen LogP contribution is 2.45. The van der Waals surface area contributed by atoms with Gasteiger partial charge in [0.05, 0.1) is 11.4 Å². The molecule has 1 aliphatic rings. The van der Waals surface area contributed by atoms with Gasteiger partial charge in [0.2, 0.25) is 0 Å². The first kappa shape index (κ1) is 34.3. The summed E-state index contributed by atoms with van der Waals surface area (Å²) >= 11 is 0. The standard InChI is InChI=1S/C55H36N4/c56-51-27-24-40(33-53(51)59-58-52-28-26-44(43-14-9-29-57-34-43)45-15-5-6-16-46(45)52)39-23-25-49-50(32-39)55(42-22-20-36-11-2-4-13-38(36)31-42)48-18-8-7-17-47(48)54(49)41-21-19-35-10-1-3-12-37(35)30-41/h1-34,56,58H/b56-51?,59-53-. The molecule has 4 nitrogen and oxygen atoms in total. The molecule has 1 aliphatic carbocycles. The number of aromatic nitrogens is 1. The van der Waals surface area contributed by atoms with Gasteiger partial charge in [0, 0.05) is 23.3 Å². The second-order valence-electron chi connectivity index (χ2n) is 15.1. The summed E-state index contributed by atoms with van der Waals surface area (Å²) < 4.78 is 0. The van der Waals surface area contributed by atoms with Gasteiger partial charge in [-0.15, -0.1) is 0 Å². The number of hydrogen-bond donors (Lipinski definition) is 2. The van der Waals surface area contributed by atoms with Gasteiger partial charge in [0.25, 0.3) is 0 Å². The quantitative estimate of drug-likeness (QED) is 0.101. The Labute approximate surface area is 341 Å². The van der Waals surface area contributed by atoms with Gasteiger partial charge in [-0.1, -0.05) is 152 Å². The van der Waals surface area contributed by atoms with E-state index in [4.69, 9.17) is 10.5 Å². The molecule has 0 saturated heterocycles. The summed E-state index contributed by atoms with van der Waals surface area (Å²) in [5, 5.41) is 25.5. The molecule has 2 N–H and O–H groups in total. The van der Waals surface area contributed by atoms with E-state index in [0.717, 1.165) is 38.7 Å². The van der Waals surface area contributed by atoms with Crippen LogP contribution in [0.4, 0.5) is 5.69 Å². The van der Waals surface area contributed by atoms with Gasteiger partial charge in [-0.2, -0.15) is 5.10 Å². The van der Waals surface area contributed by atoms with Crippen LogP contribution in [0.5, 0.6) is 0 Å². The van der Waals surface area contributed by atoms with Gasteiger partial charge >= 0.3 is 0 Å². The van der Waals surface area contributed by atoms with Crippen molar-refractivity contribution in [1.29, 1.82) is 5.41 Å². The molecule has 0 fully saturated rings. The lowest BCUT2D eigenvalue weighted by Gasteiger charge is -2.20. The molecule has 59 heavy (non-hydrogen) atoms. The molecule has 10 aromatic rings. The fourth-order valence-electron chi connectivity index (χ4n) is 8.76. The van der Waals surface area contributed by atoms with Gasteiger partial charge in [0.1, 0.15) is 5.71 Å². The minimum atomic E-state index is 0.347. The highest BCUT2D eigenvalue weighted by atomic mass is 15.3. The molecular formula is C55H36N4. The highest BCUT2D eigenvalue weighted by Gasteiger charge is 2.19. The van der Waals surface area contributed by atoms with Crippen LogP contribution in [0.25, 0.3) is 92.8 Å². The zero-order valence-electron chi connectivity index (χ0n) is 32.0. The Balaban J connectivity index is 1.07. The van der Waals surface area contributed by atoms with Crippen molar-refractivity contribution < 1.29 is 0 Å². The van der Waals surface area contributed by atoms with E-state index in [9.17, 15) is 0 Å². The summed E-state index contributed by atoms with van der Waals surface area (Å²) in [6.45, 7) is 0. The Kier molecular flexibility index (Phi) is 8.26. The molecule has 0 aliphatic heterocycles. The molecule has 0 atom stereocenters. The minimum absolute atomic E-state index is 0.347. The van der Waals surface area contributed by atoms with Crippen molar-refractivity contribution in [3.8, 4) is 33.4 Å². The maximum Gasteiger partial charge on any atom is 0.109 e. The summed E-state index contributed by atoms with van der Waals surface area (Å²) in [5.41, 5.74) is 14.1. The maximum atomic E-state index is 8.88. The molecule has 0 spiro atoms. The van der Waals surface area contributed by atoms with E-state index in [2.05, 4.69) is 174 Å². The van der Waals surface area contributed by atoms with Gasteiger partial charge in [0.15, 0.2) is 0 Å². The fraction of sp³-hybridized carbons (Fsp3) is 0. The van der Waals surface area contributed by atoms with Crippen LogP contribution in [0.2, 0.25) is 0 Å². The average molecular weight is 753 g/mol. The number of benzene rings is 9. The smallest absolute Gasteiger partial charge is 0.109 e. The van der Waals surface area contributed by atoms with Crippen molar-refractivity contribution >= 4 is 76.5 Å². The van der Waals surface area contributed by atoms with Crippen LogP contribution in [0.1, 0.15) is 5.56 Å². The Bertz CT molecular complexity index is 3430. The molecular weight excluding hydrogens is 717 g/mol. The van der Waals surface area contributed by atoms with Gasteiger partial charge < -0.3 is 0 Å². The lowest BCUT2D eigenvalue weighted by Crippen LogP contribution is -2.13. The monoisotopic (exact) mass is 752 g/mol. The lowest BCUT2D eigenvalue weighted by atomic mass is 9.84. The summed E-state index contributed by atoms with van der Waals surface area (Å²) in [5.74, 6) is 0. The average Bonchev–Trinajstić information content (AvgIpc) is 3.30. The van der Waals surface area contributed by atoms with Gasteiger partial charge in [-0.25, -0.2) is 0 Å². The largest absolute Gasteiger partial charge is 0.299 e. The second kappa shape index (κ2) is 14.2. The summed E-state index contributed by atoms with van der Waals surface area (Å²) in [4.78, 5) is 4.34. The first-order chi connectivity index (χ1) is 29.2. The van der Waals surface area contributed by atoms with Crippen molar-refractivity contribution in [2.24, 2.45) is 5.10 Å². The molecule has 1 heterocycles. The molecule has 9 aromatic carbocycles. The number of hydrazone groups is 1. The number of allylic oxidation sites excluding steroid dienone is 4. The number of nitrogens with one attached hydrogen (secondary N) is 2. The van der Waals surface area contributed by atoms with Crippen molar-refractivity contribution in [2.45, 2.75) is 0 Å². The highest BCUT2D eigenvalue weighted by molar-refractivity contribution is 6.51. The molecule has 0 bridgehead atoms. The van der Waals surface area contributed by atoms with Crippen LogP contribution in [-0.4, -0.2) is 16.4 Å². The maximum absolute atomic E-state index is 8.88. The fourth-order valence-corrected chi connectivity index (χ4v) is 8.76. The number of anilines is 1. The van der Waals surface area contributed by atoms with Gasteiger partial charge in [-0.3, -0.25) is 15.8 Å². The Morgan fingerprint density at radius 3 is 1.71 bits per heavy atom. The Morgan fingerprint density at radius 1 is 0.441 bits per heavy atom. The zero-order valence-corrected chi connectivity index (χ0v) is 32.0. The van der Waals surface area contributed by atoms with Crippen molar-refractivity contribution in [3.63, 3.8) is 0 Å². The topological polar surface area (TPSA) is 61.1 Å². The normalized spacial score (nSPS) is 13.5. The third kappa shape index (κ3) is 6.06. The van der Waals surface area contributed by atoms with Crippen molar-refractivity contribution in [3.05, 3.63) is 212 Å². The van der Waals surface area contributed by atoms with Crippen LogP contribution >= 0.6 is 0 Å². The van der Waals surface area contributed by atoms with Crippen molar-refractivity contribution in [2.75, 3.05) is 5.43 Å². The zero-order chi connectivity index (χ0) is 39.3. The number of nitrogens with zero attached hydrogens (tertiary/aromatic N) is 2. The van der Waals surface area contributed by atoms with E-state index in [0.29, 0.717) is 11.4 Å². The second-order valence-corrected chi connectivity index (χ2v) is 15.1. The molecule has 276 valence electrons. The SMILES string of the molecule is N=C1C=CC(c2ccc3c(-c4ccc5ccccc5c4)c4ccccc4c(-c4ccc5ccccc5c4)c3c2)=C/C1=N/Nc1ccc(-c2cccnc2)c2ccccc12. The summed E-state index contributed by atoms with van der Waals surface area (Å²) in [6, 6.07) is 62.9. The molecule has 0 amide bonds. The third-order valence-electron chi connectivity index (χ3n) is 11.6. The molecule has 4 heteroatoms. The van der Waals surface area contributed by atoms with Crippen molar-refractivity contribution in [1.82, 2.24) is 4.98 Å².